The lowest BCUT2D eigenvalue weighted by Gasteiger charge is -2.23. The second kappa shape index (κ2) is 4.49. The molecule has 5 nitrogen and oxygen atoms in total. The second-order valence-corrected chi connectivity index (χ2v) is 6.33. The van der Waals surface area contributed by atoms with Gasteiger partial charge in [-0.25, -0.2) is 17.5 Å². The van der Waals surface area contributed by atoms with Gasteiger partial charge in [-0.2, -0.15) is 0 Å². The van der Waals surface area contributed by atoms with Gasteiger partial charge in [0.1, 0.15) is 5.82 Å². The third-order valence-electron chi connectivity index (χ3n) is 2.88. The van der Waals surface area contributed by atoms with E-state index in [9.17, 15) is 12.8 Å². The molecular formula is C11H15FN2O3S. The number of nitrogens with one attached hydrogen (secondary N) is 1. The molecule has 1 unspecified atom stereocenters. The Morgan fingerprint density at radius 3 is 2.78 bits per heavy atom. The van der Waals surface area contributed by atoms with Crippen LogP contribution in [0.15, 0.2) is 23.1 Å². The van der Waals surface area contributed by atoms with Crippen molar-refractivity contribution in [3.05, 3.63) is 24.0 Å². The van der Waals surface area contributed by atoms with Crippen molar-refractivity contribution in [2.45, 2.75) is 23.8 Å². The van der Waals surface area contributed by atoms with Gasteiger partial charge in [-0.15, -0.1) is 0 Å². The van der Waals surface area contributed by atoms with Crippen molar-refractivity contribution in [1.29, 1.82) is 0 Å². The summed E-state index contributed by atoms with van der Waals surface area (Å²) < 4.78 is 45.1. The third-order valence-corrected chi connectivity index (χ3v) is 4.52. The van der Waals surface area contributed by atoms with Gasteiger partial charge in [0.25, 0.3) is 0 Å². The van der Waals surface area contributed by atoms with E-state index in [1.54, 1.807) is 6.92 Å². The molecule has 1 aliphatic rings. The van der Waals surface area contributed by atoms with Crippen molar-refractivity contribution in [2.24, 2.45) is 0 Å². The van der Waals surface area contributed by atoms with Crippen LogP contribution in [0, 0.1) is 5.82 Å². The van der Waals surface area contributed by atoms with Gasteiger partial charge in [0.15, 0.2) is 0 Å². The largest absolute Gasteiger partial charge is 0.396 e. The Bertz CT molecular complexity index is 553. The van der Waals surface area contributed by atoms with Crippen molar-refractivity contribution in [1.82, 2.24) is 4.72 Å². The van der Waals surface area contributed by atoms with Crippen LogP contribution in [0.25, 0.3) is 0 Å². The monoisotopic (exact) mass is 274 g/mol. The molecular weight excluding hydrogens is 259 g/mol. The van der Waals surface area contributed by atoms with Gasteiger partial charge in [-0.05, 0) is 31.5 Å². The minimum atomic E-state index is -3.77. The molecule has 2 rings (SSSR count). The Hall–Kier alpha value is -1.18. The molecule has 0 radical (unpaired) electrons. The number of ether oxygens (including phenoxy) is 1. The highest BCUT2D eigenvalue weighted by atomic mass is 32.2. The maximum atomic E-state index is 13.3. The van der Waals surface area contributed by atoms with Crippen LogP contribution in [0.2, 0.25) is 0 Å². The van der Waals surface area contributed by atoms with Gasteiger partial charge in [-0.3, -0.25) is 0 Å². The Balaban J connectivity index is 2.27. The molecule has 1 fully saturated rings. The molecule has 0 bridgehead atoms. The molecule has 0 amide bonds. The molecule has 1 aromatic rings. The summed E-state index contributed by atoms with van der Waals surface area (Å²) in [5.41, 5.74) is 4.59. The lowest BCUT2D eigenvalue weighted by atomic mass is 10.0. The van der Waals surface area contributed by atoms with E-state index in [1.165, 1.54) is 12.1 Å². The van der Waals surface area contributed by atoms with Gasteiger partial charge in [0, 0.05) is 6.61 Å². The number of nitrogen functional groups attached to an aromatic ring is 1. The standard InChI is InChI=1S/C11H15FN2O3S/c1-11(4-5-17-7-11)14-18(15,16)8-2-3-10(13)9(12)6-8/h2-3,6,14H,4-5,7,13H2,1H3. The van der Waals surface area contributed by atoms with Crippen molar-refractivity contribution >= 4 is 15.7 Å². The number of hydrogen-bond donors (Lipinski definition) is 2. The van der Waals surface area contributed by atoms with E-state index < -0.39 is 21.4 Å². The SMILES string of the molecule is CC1(NS(=O)(=O)c2ccc(N)c(F)c2)CCOC1. The first-order chi connectivity index (χ1) is 8.32. The van der Waals surface area contributed by atoms with E-state index in [-0.39, 0.29) is 10.6 Å². The molecule has 0 saturated carbocycles. The molecule has 0 aromatic heterocycles. The number of benzene rings is 1. The normalized spacial score (nSPS) is 24.3. The van der Waals surface area contributed by atoms with Crippen LogP contribution in [0.5, 0.6) is 0 Å². The minimum Gasteiger partial charge on any atom is -0.396 e. The van der Waals surface area contributed by atoms with Crippen molar-refractivity contribution < 1.29 is 17.5 Å². The summed E-state index contributed by atoms with van der Waals surface area (Å²) in [6, 6.07) is 3.42. The highest BCUT2D eigenvalue weighted by molar-refractivity contribution is 7.89. The number of hydrogen-bond acceptors (Lipinski definition) is 4. The zero-order valence-corrected chi connectivity index (χ0v) is 10.8. The van der Waals surface area contributed by atoms with Gasteiger partial charge in [0.05, 0.1) is 22.7 Å². The lowest BCUT2D eigenvalue weighted by molar-refractivity contribution is 0.178. The van der Waals surface area contributed by atoms with Crippen molar-refractivity contribution in [2.75, 3.05) is 18.9 Å². The summed E-state index contributed by atoms with van der Waals surface area (Å²) in [5, 5.41) is 0. The van der Waals surface area contributed by atoms with Gasteiger partial charge in [-0.1, -0.05) is 0 Å². The van der Waals surface area contributed by atoms with Crippen LogP contribution in [0.1, 0.15) is 13.3 Å². The topological polar surface area (TPSA) is 81.4 Å². The van der Waals surface area contributed by atoms with E-state index in [2.05, 4.69) is 4.72 Å². The van der Waals surface area contributed by atoms with E-state index in [1.807, 2.05) is 0 Å². The summed E-state index contributed by atoms with van der Waals surface area (Å²) in [6.45, 7) is 2.57. The maximum Gasteiger partial charge on any atom is 0.241 e. The number of rotatable bonds is 3. The fraction of sp³-hybridized carbons (Fsp3) is 0.455. The van der Waals surface area contributed by atoms with Crippen molar-refractivity contribution in [3.8, 4) is 0 Å². The quantitative estimate of drug-likeness (QED) is 0.801. The summed E-state index contributed by atoms with van der Waals surface area (Å²) in [7, 11) is -3.77. The predicted octanol–water partition coefficient (Wildman–Crippen LogP) is 0.865. The zero-order valence-electron chi connectivity index (χ0n) is 9.94. The average Bonchev–Trinajstić information content (AvgIpc) is 2.67. The number of halogens is 1. The number of nitrogens with two attached hydrogens (primary N) is 1. The molecule has 18 heavy (non-hydrogen) atoms. The summed E-state index contributed by atoms with van der Waals surface area (Å²) in [5.74, 6) is -0.745. The third kappa shape index (κ3) is 2.63. The molecule has 0 spiro atoms. The molecule has 0 aliphatic carbocycles. The molecule has 100 valence electrons. The first-order valence-electron chi connectivity index (χ1n) is 5.49. The van der Waals surface area contributed by atoms with Gasteiger partial charge >= 0.3 is 0 Å². The molecule has 3 N–H and O–H groups in total. The molecule has 1 heterocycles. The Morgan fingerprint density at radius 1 is 1.50 bits per heavy atom. The van der Waals surface area contributed by atoms with Crippen LogP contribution in [-0.4, -0.2) is 27.2 Å². The first-order valence-corrected chi connectivity index (χ1v) is 6.97. The van der Waals surface area contributed by atoms with Crippen LogP contribution < -0.4 is 10.5 Å². The van der Waals surface area contributed by atoms with Crippen molar-refractivity contribution in [3.63, 3.8) is 0 Å². The smallest absolute Gasteiger partial charge is 0.241 e. The molecule has 1 atom stereocenters. The lowest BCUT2D eigenvalue weighted by Crippen LogP contribution is -2.46. The number of anilines is 1. The van der Waals surface area contributed by atoms with E-state index >= 15 is 0 Å². The first kappa shape index (κ1) is 13.3. The fourth-order valence-corrected chi connectivity index (χ4v) is 3.24. The summed E-state index contributed by atoms with van der Waals surface area (Å²) in [4.78, 5) is -0.137. The average molecular weight is 274 g/mol. The highest BCUT2D eigenvalue weighted by Crippen LogP contribution is 2.22. The predicted molar refractivity (Wildman–Crippen MR) is 65.0 cm³/mol. The molecule has 1 saturated heterocycles. The van der Waals surface area contributed by atoms with E-state index in [0.29, 0.717) is 19.6 Å². The van der Waals surface area contributed by atoms with Crippen LogP contribution in [-0.2, 0) is 14.8 Å². The number of sulfonamides is 1. The molecule has 1 aromatic carbocycles. The van der Waals surface area contributed by atoms with E-state index in [4.69, 9.17) is 10.5 Å². The van der Waals surface area contributed by atoms with Crippen LogP contribution in [0.3, 0.4) is 0 Å². The zero-order chi connectivity index (χ0) is 13.4. The van der Waals surface area contributed by atoms with E-state index in [0.717, 1.165) is 6.07 Å². The van der Waals surface area contributed by atoms with Crippen LogP contribution in [0.4, 0.5) is 10.1 Å². The Kier molecular flexibility index (Phi) is 3.31. The summed E-state index contributed by atoms with van der Waals surface area (Å²) in [6.07, 6.45) is 0.587. The Labute approximate surface area is 105 Å². The van der Waals surface area contributed by atoms with Gasteiger partial charge < -0.3 is 10.5 Å². The second-order valence-electron chi connectivity index (χ2n) is 4.65. The minimum absolute atomic E-state index is 0.0793. The Morgan fingerprint density at radius 2 is 2.22 bits per heavy atom. The van der Waals surface area contributed by atoms with Gasteiger partial charge in [0.2, 0.25) is 10.0 Å². The fourth-order valence-electron chi connectivity index (χ4n) is 1.81. The highest BCUT2D eigenvalue weighted by Gasteiger charge is 2.34. The maximum absolute atomic E-state index is 13.3. The molecule has 7 heteroatoms. The van der Waals surface area contributed by atoms with Crippen LogP contribution >= 0.6 is 0 Å². The summed E-state index contributed by atoms with van der Waals surface area (Å²) >= 11 is 0. The molecule has 1 aliphatic heterocycles.